The minimum Gasteiger partial charge on any atom is -0.0922 e. The third-order valence-corrected chi connectivity index (χ3v) is 6.16. The molecule has 0 spiro atoms. The van der Waals surface area contributed by atoms with Crippen molar-refractivity contribution in [3.8, 4) is 0 Å². The number of hydrogen-bond donors (Lipinski definition) is 0. The smallest absolute Gasteiger partial charge is 0.00913 e. The lowest BCUT2D eigenvalue weighted by Crippen LogP contribution is -2.23. The number of hydrogen-bond acceptors (Lipinski definition) is 0. The maximum Gasteiger partial charge on any atom is 0.00913 e. The molecule has 0 amide bonds. The summed E-state index contributed by atoms with van der Waals surface area (Å²) in [6, 6.07) is 9.34. The summed E-state index contributed by atoms with van der Waals surface area (Å²) in [5.74, 6) is 2.78. The molecule has 0 N–H and O–H groups in total. The zero-order valence-electron chi connectivity index (χ0n) is 11.5. The highest BCUT2D eigenvalue weighted by molar-refractivity contribution is 9.09. The summed E-state index contributed by atoms with van der Waals surface area (Å²) < 4.78 is 0. The lowest BCUT2D eigenvalue weighted by Gasteiger charge is -2.29. The van der Waals surface area contributed by atoms with Gasteiger partial charge in [-0.2, -0.15) is 0 Å². The van der Waals surface area contributed by atoms with E-state index in [0.717, 1.165) is 11.8 Å². The molecule has 0 bridgehead atoms. The second-order valence-corrected chi connectivity index (χ2v) is 7.43. The molecule has 2 saturated carbocycles. The molecule has 0 nitrogen and oxygen atoms in total. The summed E-state index contributed by atoms with van der Waals surface area (Å²) >= 11 is 3.78. The maximum atomic E-state index is 3.78. The minimum atomic E-state index is 0.562. The predicted octanol–water partition coefficient (Wildman–Crippen LogP) is 5.16. The van der Waals surface area contributed by atoms with Crippen molar-refractivity contribution in [2.45, 2.75) is 45.4 Å². The highest BCUT2D eigenvalue weighted by Crippen LogP contribution is 2.61. The molecule has 2 aliphatic carbocycles. The number of benzene rings is 1. The van der Waals surface area contributed by atoms with E-state index in [4.69, 9.17) is 0 Å². The first-order chi connectivity index (χ1) is 8.62. The fraction of sp³-hybridized carbons (Fsp3) is 0.647. The first-order valence-electron chi connectivity index (χ1n) is 7.27. The van der Waals surface area contributed by atoms with Gasteiger partial charge in [0, 0.05) is 5.33 Å². The molecule has 0 saturated heterocycles. The first kappa shape index (κ1) is 12.7. The van der Waals surface area contributed by atoms with Crippen LogP contribution in [-0.2, 0) is 6.42 Å². The maximum absolute atomic E-state index is 3.78. The average Bonchev–Trinajstić information content (AvgIpc) is 2.98. The third-order valence-electron chi connectivity index (χ3n) is 4.97. The first-order valence-corrected chi connectivity index (χ1v) is 8.39. The molecular formula is C17H23Br. The van der Waals surface area contributed by atoms with Gasteiger partial charge < -0.3 is 0 Å². The lowest BCUT2D eigenvalue weighted by molar-refractivity contribution is 0.308. The Labute approximate surface area is 119 Å². The molecule has 98 valence electrons. The molecule has 2 fully saturated rings. The van der Waals surface area contributed by atoms with Crippen LogP contribution >= 0.6 is 15.9 Å². The largest absolute Gasteiger partial charge is 0.0922 e. The van der Waals surface area contributed by atoms with Crippen LogP contribution in [-0.4, -0.2) is 5.33 Å². The van der Waals surface area contributed by atoms with Crippen molar-refractivity contribution in [3.63, 3.8) is 0 Å². The number of alkyl halides is 1. The van der Waals surface area contributed by atoms with Crippen LogP contribution in [0.2, 0.25) is 0 Å². The van der Waals surface area contributed by atoms with Crippen molar-refractivity contribution in [2.75, 3.05) is 5.33 Å². The second kappa shape index (κ2) is 4.67. The molecule has 0 aliphatic heterocycles. The van der Waals surface area contributed by atoms with Crippen molar-refractivity contribution >= 4 is 15.9 Å². The van der Waals surface area contributed by atoms with Crippen molar-refractivity contribution in [3.05, 3.63) is 35.4 Å². The SMILES string of the molecule is CC(C)c1ccc(CC2(CBr)CC3CC3C2)cc1. The van der Waals surface area contributed by atoms with Crippen molar-refractivity contribution in [1.82, 2.24) is 0 Å². The molecule has 0 radical (unpaired) electrons. The van der Waals surface area contributed by atoms with Crippen LogP contribution < -0.4 is 0 Å². The summed E-state index contributed by atoms with van der Waals surface area (Å²) in [6.45, 7) is 4.53. The lowest BCUT2D eigenvalue weighted by atomic mass is 9.79. The molecule has 3 rings (SSSR count). The summed E-state index contributed by atoms with van der Waals surface area (Å²) in [6.07, 6.45) is 5.69. The highest BCUT2D eigenvalue weighted by atomic mass is 79.9. The van der Waals surface area contributed by atoms with Gasteiger partial charge in [-0.05, 0) is 60.0 Å². The van der Waals surface area contributed by atoms with Gasteiger partial charge in [-0.3, -0.25) is 0 Å². The van der Waals surface area contributed by atoms with Crippen molar-refractivity contribution < 1.29 is 0 Å². The molecular weight excluding hydrogens is 284 g/mol. The molecule has 2 atom stereocenters. The normalized spacial score (nSPS) is 33.8. The molecule has 18 heavy (non-hydrogen) atoms. The van der Waals surface area contributed by atoms with E-state index >= 15 is 0 Å². The van der Waals surface area contributed by atoms with Crippen LogP contribution in [0.15, 0.2) is 24.3 Å². The van der Waals surface area contributed by atoms with Gasteiger partial charge in [0.1, 0.15) is 0 Å². The summed E-state index contributed by atoms with van der Waals surface area (Å²) in [4.78, 5) is 0. The topological polar surface area (TPSA) is 0 Å². The molecule has 0 heterocycles. The van der Waals surface area contributed by atoms with Gasteiger partial charge in [0.05, 0.1) is 0 Å². The molecule has 1 aromatic carbocycles. The number of fused-ring (bicyclic) bond motifs is 1. The predicted molar refractivity (Wildman–Crippen MR) is 81.3 cm³/mol. The van der Waals surface area contributed by atoms with Gasteiger partial charge >= 0.3 is 0 Å². The minimum absolute atomic E-state index is 0.562. The number of halogens is 1. The van der Waals surface area contributed by atoms with Crippen LogP contribution in [0.25, 0.3) is 0 Å². The fourth-order valence-electron chi connectivity index (χ4n) is 3.76. The summed E-state index contributed by atoms with van der Waals surface area (Å²) in [5.41, 5.74) is 3.55. The molecule has 0 aromatic heterocycles. The van der Waals surface area contributed by atoms with E-state index in [0.29, 0.717) is 11.3 Å². The molecule has 1 aromatic rings. The third kappa shape index (κ3) is 2.39. The van der Waals surface area contributed by atoms with E-state index in [2.05, 4.69) is 54.0 Å². The zero-order valence-corrected chi connectivity index (χ0v) is 13.0. The summed E-state index contributed by atoms with van der Waals surface area (Å²) in [5, 5.41) is 1.18. The van der Waals surface area contributed by atoms with Crippen LogP contribution in [0.1, 0.15) is 50.2 Å². The van der Waals surface area contributed by atoms with E-state index in [-0.39, 0.29) is 0 Å². The Morgan fingerprint density at radius 1 is 1.17 bits per heavy atom. The Balaban J connectivity index is 1.71. The van der Waals surface area contributed by atoms with Crippen LogP contribution in [0.3, 0.4) is 0 Å². The standard InChI is InChI=1S/C17H23Br/c1-12(2)14-5-3-13(4-6-14)8-17(11-18)9-15-7-16(15)10-17/h3-6,12,15-16H,7-11H2,1-2H3. The molecule has 1 heteroatoms. The number of rotatable bonds is 4. The Morgan fingerprint density at radius 2 is 1.78 bits per heavy atom. The van der Waals surface area contributed by atoms with Gasteiger partial charge in [-0.1, -0.05) is 54.0 Å². The quantitative estimate of drug-likeness (QED) is 0.674. The Hall–Kier alpha value is -0.300. The fourth-order valence-corrected chi connectivity index (χ4v) is 4.42. The van der Waals surface area contributed by atoms with E-state index in [1.165, 1.54) is 42.1 Å². The highest BCUT2D eigenvalue weighted by Gasteiger charge is 2.52. The second-order valence-electron chi connectivity index (χ2n) is 6.87. The van der Waals surface area contributed by atoms with E-state index in [9.17, 15) is 0 Å². The van der Waals surface area contributed by atoms with Gasteiger partial charge in [0.2, 0.25) is 0 Å². The van der Waals surface area contributed by atoms with Crippen LogP contribution in [0.5, 0.6) is 0 Å². The van der Waals surface area contributed by atoms with Gasteiger partial charge in [0.15, 0.2) is 0 Å². The Bertz CT molecular complexity index is 408. The van der Waals surface area contributed by atoms with E-state index in [1.54, 1.807) is 0 Å². The monoisotopic (exact) mass is 306 g/mol. The molecule has 2 aliphatic rings. The van der Waals surface area contributed by atoms with Gasteiger partial charge in [0.25, 0.3) is 0 Å². The van der Waals surface area contributed by atoms with E-state index < -0.39 is 0 Å². The van der Waals surface area contributed by atoms with Crippen molar-refractivity contribution in [2.24, 2.45) is 17.3 Å². The zero-order chi connectivity index (χ0) is 12.8. The summed E-state index contributed by atoms with van der Waals surface area (Å²) in [7, 11) is 0. The van der Waals surface area contributed by atoms with Gasteiger partial charge in [-0.15, -0.1) is 0 Å². The van der Waals surface area contributed by atoms with Crippen molar-refractivity contribution in [1.29, 1.82) is 0 Å². The van der Waals surface area contributed by atoms with E-state index in [1.807, 2.05) is 0 Å². The van der Waals surface area contributed by atoms with Crippen LogP contribution in [0.4, 0.5) is 0 Å². The van der Waals surface area contributed by atoms with Gasteiger partial charge in [-0.25, -0.2) is 0 Å². The average molecular weight is 307 g/mol. The molecule has 2 unspecified atom stereocenters. The Morgan fingerprint density at radius 3 is 2.28 bits per heavy atom. The van der Waals surface area contributed by atoms with Crippen LogP contribution in [0, 0.1) is 17.3 Å². The Kier molecular flexibility index (Phi) is 3.30.